The van der Waals surface area contributed by atoms with Crippen LogP contribution in [0, 0.1) is 6.92 Å². The van der Waals surface area contributed by atoms with Gasteiger partial charge in [0.25, 0.3) is 0 Å². The second kappa shape index (κ2) is 8.02. The first-order chi connectivity index (χ1) is 14.0. The first-order valence-corrected chi connectivity index (χ1v) is 9.90. The van der Waals surface area contributed by atoms with E-state index in [0.29, 0.717) is 6.54 Å². The number of nitrogens with one attached hydrogen (secondary N) is 1. The van der Waals surface area contributed by atoms with Crippen molar-refractivity contribution in [2.24, 2.45) is 0 Å². The van der Waals surface area contributed by atoms with Crippen LogP contribution in [-0.2, 0) is 6.54 Å². The van der Waals surface area contributed by atoms with Crippen molar-refractivity contribution < 1.29 is 4.79 Å². The van der Waals surface area contributed by atoms with E-state index in [4.69, 9.17) is 0 Å². The number of Topliss-reactive ketones (excluding diaryl/α,β-unsaturated/α-hetero) is 1. The fraction of sp³-hybridized carbons (Fsp3) is 0.200. The van der Waals surface area contributed by atoms with E-state index in [0.717, 1.165) is 22.5 Å². The largest absolute Gasteiger partial charge is 0.306 e. The average molecular weight is 383 g/mol. The molecule has 29 heavy (non-hydrogen) atoms. The first-order valence-electron chi connectivity index (χ1n) is 9.90. The lowest BCUT2D eigenvalue weighted by Gasteiger charge is -2.15. The van der Waals surface area contributed by atoms with E-state index in [9.17, 15) is 4.79 Å². The van der Waals surface area contributed by atoms with Crippen molar-refractivity contribution >= 4 is 16.6 Å². The number of hydrogen-bond acceptors (Lipinski definition) is 3. The standard InChI is InChI=1S/C25H25N3O/c1-17(26-15-20-8-6-11-22(14-20)19(3)29)24-16-27-28(18(24)2)25-13-7-10-21-9-4-5-12-23(21)25/h4-14,16-17,26H,15H2,1-3H3/t17-/m1/s1. The van der Waals surface area contributed by atoms with Crippen LogP contribution >= 0.6 is 0 Å². The van der Waals surface area contributed by atoms with Crippen molar-refractivity contribution in [2.75, 3.05) is 0 Å². The summed E-state index contributed by atoms with van der Waals surface area (Å²) in [6.45, 7) is 6.55. The van der Waals surface area contributed by atoms with E-state index in [1.54, 1.807) is 6.92 Å². The van der Waals surface area contributed by atoms with E-state index in [1.807, 2.05) is 35.1 Å². The maximum Gasteiger partial charge on any atom is 0.159 e. The van der Waals surface area contributed by atoms with Crippen LogP contribution in [0.4, 0.5) is 0 Å². The lowest BCUT2D eigenvalue weighted by Crippen LogP contribution is -2.19. The Morgan fingerprint density at radius 1 is 1.07 bits per heavy atom. The lowest BCUT2D eigenvalue weighted by atomic mass is 10.1. The van der Waals surface area contributed by atoms with Crippen LogP contribution in [0.25, 0.3) is 16.5 Å². The number of nitrogens with zero attached hydrogens (tertiary/aromatic N) is 2. The Bertz CT molecular complexity index is 1170. The third-order valence-electron chi connectivity index (χ3n) is 5.45. The number of rotatable bonds is 6. The van der Waals surface area contributed by atoms with Gasteiger partial charge in [-0.05, 0) is 43.9 Å². The van der Waals surface area contributed by atoms with Crippen molar-refractivity contribution in [3.63, 3.8) is 0 Å². The summed E-state index contributed by atoms with van der Waals surface area (Å²) in [7, 11) is 0. The maximum absolute atomic E-state index is 11.6. The van der Waals surface area contributed by atoms with Gasteiger partial charge in [-0.1, -0.05) is 54.6 Å². The van der Waals surface area contributed by atoms with Crippen molar-refractivity contribution in [3.05, 3.63) is 95.3 Å². The van der Waals surface area contributed by atoms with Crippen LogP contribution in [0.1, 0.15) is 47.1 Å². The van der Waals surface area contributed by atoms with Crippen molar-refractivity contribution in [1.82, 2.24) is 15.1 Å². The molecule has 3 aromatic carbocycles. The van der Waals surface area contributed by atoms with Gasteiger partial charge in [0.1, 0.15) is 0 Å². The molecule has 4 rings (SSSR count). The van der Waals surface area contributed by atoms with Crippen LogP contribution in [0.5, 0.6) is 0 Å². The van der Waals surface area contributed by atoms with E-state index in [1.165, 1.54) is 16.3 Å². The number of aromatic nitrogens is 2. The van der Waals surface area contributed by atoms with Crippen LogP contribution in [0.3, 0.4) is 0 Å². The van der Waals surface area contributed by atoms with Crippen molar-refractivity contribution in [3.8, 4) is 5.69 Å². The molecule has 4 aromatic rings. The SMILES string of the molecule is CC(=O)c1cccc(CN[C@H](C)c2cnn(-c3cccc4ccccc34)c2C)c1. The van der Waals surface area contributed by atoms with E-state index in [-0.39, 0.29) is 11.8 Å². The molecular weight excluding hydrogens is 358 g/mol. The van der Waals surface area contributed by atoms with Crippen molar-refractivity contribution in [2.45, 2.75) is 33.4 Å². The summed E-state index contributed by atoms with van der Waals surface area (Å²) in [5.41, 5.74) is 5.23. The molecule has 0 aliphatic heterocycles. The Hall–Kier alpha value is -3.24. The summed E-state index contributed by atoms with van der Waals surface area (Å²) < 4.78 is 2.02. The minimum atomic E-state index is 0.0899. The Balaban J connectivity index is 1.57. The van der Waals surface area contributed by atoms with E-state index >= 15 is 0 Å². The highest BCUT2D eigenvalue weighted by atomic mass is 16.1. The Morgan fingerprint density at radius 2 is 1.83 bits per heavy atom. The Morgan fingerprint density at radius 3 is 2.66 bits per heavy atom. The smallest absolute Gasteiger partial charge is 0.159 e. The zero-order valence-corrected chi connectivity index (χ0v) is 17.0. The van der Waals surface area contributed by atoms with Crippen LogP contribution in [-0.4, -0.2) is 15.6 Å². The predicted octanol–water partition coefficient (Wildman–Crippen LogP) is 5.39. The predicted molar refractivity (Wildman–Crippen MR) is 118 cm³/mol. The molecule has 0 bridgehead atoms. The molecule has 146 valence electrons. The molecular formula is C25H25N3O. The molecule has 0 spiro atoms. The Kier molecular flexibility index (Phi) is 5.28. The van der Waals surface area contributed by atoms with Crippen LogP contribution in [0.15, 0.2) is 72.9 Å². The number of fused-ring (bicyclic) bond motifs is 1. The normalized spacial score (nSPS) is 12.2. The molecule has 1 aromatic heterocycles. The topological polar surface area (TPSA) is 46.9 Å². The summed E-state index contributed by atoms with van der Waals surface area (Å²) >= 11 is 0. The zero-order chi connectivity index (χ0) is 20.4. The number of ketones is 1. The number of benzene rings is 3. The van der Waals surface area contributed by atoms with Gasteiger partial charge in [-0.25, -0.2) is 4.68 Å². The number of carbonyl (C=O) groups excluding carboxylic acids is 1. The molecule has 0 unspecified atom stereocenters. The second-order valence-corrected chi connectivity index (χ2v) is 7.45. The second-order valence-electron chi connectivity index (χ2n) is 7.45. The minimum Gasteiger partial charge on any atom is -0.306 e. The third kappa shape index (κ3) is 3.84. The molecule has 1 heterocycles. The van der Waals surface area contributed by atoms with E-state index < -0.39 is 0 Å². The fourth-order valence-electron chi connectivity index (χ4n) is 3.76. The molecule has 4 heteroatoms. The van der Waals surface area contributed by atoms with Gasteiger partial charge in [-0.15, -0.1) is 0 Å². The molecule has 0 aliphatic carbocycles. The molecule has 1 N–H and O–H groups in total. The monoisotopic (exact) mass is 383 g/mol. The molecule has 0 aliphatic rings. The molecule has 4 nitrogen and oxygen atoms in total. The zero-order valence-electron chi connectivity index (χ0n) is 17.0. The summed E-state index contributed by atoms with van der Waals surface area (Å²) in [5, 5.41) is 10.6. The summed E-state index contributed by atoms with van der Waals surface area (Å²) in [6, 6.07) is 22.6. The van der Waals surface area contributed by atoms with Gasteiger partial charge in [0.05, 0.1) is 11.9 Å². The molecule has 0 fully saturated rings. The molecule has 0 amide bonds. The first kappa shape index (κ1) is 19.1. The summed E-state index contributed by atoms with van der Waals surface area (Å²) in [5.74, 6) is 0.0899. The average Bonchev–Trinajstić information content (AvgIpc) is 3.13. The van der Waals surface area contributed by atoms with Crippen LogP contribution in [0.2, 0.25) is 0 Å². The van der Waals surface area contributed by atoms with Gasteiger partial charge < -0.3 is 5.32 Å². The molecule has 0 saturated carbocycles. The highest BCUT2D eigenvalue weighted by molar-refractivity contribution is 5.94. The van der Waals surface area contributed by atoms with E-state index in [2.05, 4.69) is 66.7 Å². The van der Waals surface area contributed by atoms with Gasteiger partial charge in [0.2, 0.25) is 0 Å². The van der Waals surface area contributed by atoms with Gasteiger partial charge in [0.15, 0.2) is 5.78 Å². The quantitative estimate of drug-likeness (QED) is 0.454. The molecule has 1 atom stereocenters. The Labute approximate surface area is 171 Å². The van der Waals surface area contributed by atoms with Gasteiger partial charge in [-0.2, -0.15) is 5.10 Å². The summed E-state index contributed by atoms with van der Waals surface area (Å²) in [6.07, 6.45) is 1.95. The lowest BCUT2D eigenvalue weighted by molar-refractivity contribution is 0.101. The number of hydrogen-bond donors (Lipinski definition) is 1. The number of carbonyl (C=O) groups is 1. The maximum atomic E-state index is 11.6. The fourth-order valence-corrected chi connectivity index (χ4v) is 3.76. The molecule has 0 radical (unpaired) electrons. The van der Waals surface area contributed by atoms with Crippen molar-refractivity contribution in [1.29, 1.82) is 0 Å². The van der Waals surface area contributed by atoms with Gasteiger partial charge in [0, 0.05) is 34.8 Å². The van der Waals surface area contributed by atoms with Gasteiger partial charge in [-0.3, -0.25) is 4.79 Å². The summed E-state index contributed by atoms with van der Waals surface area (Å²) in [4.78, 5) is 11.6. The van der Waals surface area contributed by atoms with Crippen LogP contribution < -0.4 is 5.32 Å². The third-order valence-corrected chi connectivity index (χ3v) is 5.45. The molecule has 0 saturated heterocycles. The highest BCUT2D eigenvalue weighted by Crippen LogP contribution is 2.26. The highest BCUT2D eigenvalue weighted by Gasteiger charge is 2.15. The minimum absolute atomic E-state index is 0.0899. The van der Waals surface area contributed by atoms with Gasteiger partial charge >= 0.3 is 0 Å².